The van der Waals surface area contributed by atoms with Gasteiger partial charge in [0.25, 0.3) is 33.7 Å². The number of unbranched alkanes of at least 4 members (excludes halogenated alkanes) is 3. The van der Waals surface area contributed by atoms with Crippen LogP contribution in [0.1, 0.15) is 90.2 Å². The minimum atomic E-state index is -4.03. The predicted molar refractivity (Wildman–Crippen MR) is 167 cm³/mol. The number of aryl methyl sites for hydroxylation is 3. The molecule has 45 heavy (non-hydrogen) atoms. The summed E-state index contributed by atoms with van der Waals surface area (Å²) in [6, 6.07) is 17.1. The van der Waals surface area contributed by atoms with E-state index in [1.165, 1.54) is 4.90 Å². The Morgan fingerprint density at radius 2 is 1.04 bits per heavy atom. The quantitative estimate of drug-likeness (QED) is 0.138. The third-order valence-corrected chi connectivity index (χ3v) is 10.1. The van der Waals surface area contributed by atoms with E-state index in [2.05, 4.69) is 0 Å². The van der Waals surface area contributed by atoms with Crippen LogP contribution in [0.25, 0.3) is 0 Å². The fourth-order valence-corrected chi connectivity index (χ4v) is 7.79. The zero-order valence-electron chi connectivity index (χ0n) is 25.7. The van der Waals surface area contributed by atoms with Gasteiger partial charge in [0.2, 0.25) is 0 Å². The Hall–Kier alpha value is -4.19. The SMILES string of the molecule is Cc1cc(C)c(S(=O)(=O)N(CCCCCCN2C(=O)c3ccccc3C2=O)OCCCN2C(=O)c3ccccc3C2=O)c(C)c1. The van der Waals surface area contributed by atoms with Crippen LogP contribution in [-0.4, -0.2) is 72.6 Å². The van der Waals surface area contributed by atoms with E-state index in [0.717, 1.165) is 14.9 Å². The number of imide groups is 2. The normalized spacial score (nSPS) is 14.6. The molecule has 2 heterocycles. The maximum atomic E-state index is 13.9. The van der Waals surface area contributed by atoms with Gasteiger partial charge in [-0.05, 0) is 75.4 Å². The molecule has 0 saturated heterocycles. The molecule has 10 nitrogen and oxygen atoms in total. The first-order valence-electron chi connectivity index (χ1n) is 15.2. The van der Waals surface area contributed by atoms with Gasteiger partial charge in [-0.25, -0.2) is 8.42 Å². The first kappa shape index (κ1) is 32.2. The van der Waals surface area contributed by atoms with E-state index in [1.54, 1.807) is 62.4 Å². The summed E-state index contributed by atoms with van der Waals surface area (Å²) in [5.41, 5.74) is 3.76. The summed E-state index contributed by atoms with van der Waals surface area (Å²) < 4.78 is 28.7. The van der Waals surface area contributed by atoms with E-state index < -0.39 is 10.0 Å². The maximum absolute atomic E-state index is 13.9. The van der Waals surface area contributed by atoms with Gasteiger partial charge in [0.05, 0.1) is 33.8 Å². The molecule has 0 spiro atoms. The fraction of sp³-hybridized carbons (Fsp3) is 0.353. The van der Waals surface area contributed by atoms with E-state index >= 15 is 0 Å². The molecular formula is C34H37N3O7S. The van der Waals surface area contributed by atoms with Crippen molar-refractivity contribution in [2.24, 2.45) is 0 Å². The number of sulfonamides is 1. The highest BCUT2D eigenvalue weighted by Gasteiger charge is 2.36. The summed E-state index contributed by atoms with van der Waals surface area (Å²) in [5.74, 6) is -1.31. The molecule has 0 bridgehead atoms. The maximum Gasteiger partial charge on any atom is 0.265 e. The summed E-state index contributed by atoms with van der Waals surface area (Å²) in [7, 11) is -4.03. The van der Waals surface area contributed by atoms with Crippen molar-refractivity contribution < 1.29 is 32.4 Å². The van der Waals surface area contributed by atoms with Gasteiger partial charge in [-0.1, -0.05) is 59.3 Å². The Morgan fingerprint density at radius 3 is 1.51 bits per heavy atom. The first-order valence-corrected chi connectivity index (χ1v) is 16.6. The third kappa shape index (κ3) is 6.47. The molecule has 0 atom stereocenters. The van der Waals surface area contributed by atoms with E-state index in [1.807, 2.05) is 19.1 Å². The molecule has 236 valence electrons. The Labute approximate surface area is 263 Å². The lowest BCUT2D eigenvalue weighted by Crippen LogP contribution is -2.35. The molecule has 3 aromatic carbocycles. The number of nitrogens with zero attached hydrogens (tertiary/aromatic N) is 3. The van der Waals surface area contributed by atoms with Gasteiger partial charge >= 0.3 is 0 Å². The monoisotopic (exact) mass is 631 g/mol. The molecule has 0 N–H and O–H groups in total. The van der Waals surface area contributed by atoms with Gasteiger partial charge in [0.15, 0.2) is 0 Å². The van der Waals surface area contributed by atoms with Crippen LogP contribution in [0.2, 0.25) is 0 Å². The van der Waals surface area contributed by atoms with Gasteiger partial charge in [-0.2, -0.15) is 0 Å². The van der Waals surface area contributed by atoms with Crippen molar-refractivity contribution in [3.63, 3.8) is 0 Å². The lowest BCUT2D eigenvalue weighted by atomic mass is 10.1. The molecule has 3 aromatic rings. The number of hydrogen-bond donors (Lipinski definition) is 0. The Kier molecular flexibility index (Phi) is 9.62. The summed E-state index contributed by atoms with van der Waals surface area (Å²) in [6.07, 6.45) is 2.67. The number of carbonyl (C=O) groups is 4. The average molecular weight is 632 g/mol. The van der Waals surface area contributed by atoms with Crippen molar-refractivity contribution in [2.75, 3.05) is 26.2 Å². The number of rotatable bonds is 14. The van der Waals surface area contributed by atoms with Gasteiger partial charge in [0.1, 0.15) is 0 Å². The first-order chi connectivity index (χ1) is 21.5. The molecular weight excluding hydrogens is 594 g/mol. The molecule has 0 aromatic heterocycles. The minimum absolute atomic E-state index is 0.0175. The Bertz CT molecular complexity index is 1680. The molecule has 5 rings (SSSR count). The number of amides is 4. The van der Waals surface area contributed by atoms with Crippen molar-refractivity contribution in [1.29, 1.82) is 0 Å². The lowest BCUT2D eigenvalue weighted by Gasteiger charge is -2.24. The lowest BCUT2D eigenvalue weighted by molar-refractivity contribution is -0.0867. The third-order valence-electron chi connectivity index (χ3n) is 8.12. The van der Waals surface area contributed by atoms with Gasteiger partial charge < -0.3 is 0 Å². The molecule has 0 radical (unpaired) electrons. The molecule has 0 unspecified atom stereocenters. The highest BCUT2D eigenvalue weighted by Crippen LogP contribution is 2.27. The van der Waals surface area contributed by atoms with Crippen LogP contribution in [0, 0.1) is 20.8 Å². The average Bonchev–Trinajstić information content (AvgIpc) is 3.39. The summed E-state index contributed by atoms with van der Waals surface area (Å²) in [4.78, 5) is 59.1. The van der Waals surface area contributed by atoms with E-state index in [4.69, 9.17) is 4.84 Å². The van der Waals surface area contributed by atoms with E-state index in [9.17, 15) is 27.6 Å². The molecule has 0 aliphatic carbocycles. The van der Waals surface area contributed by atoms with Crippen LogP contribution < -0.4 is 0 Å². The summed E-state index contributed by atoms with van der Waals surface area (Å²) in [5, 5.41) is 0. The fourth-order valence-electron chi connectivity index (χ4n) is 6.07. The molecule has 2 aliphatic rings. The number of hydroxylamine groups is 1. The standard InChI is InChI=1S/C34H37N3O7S/c1-23-21-24(2)30(25(3)22-23)45(42,43)37(44-20-12-18-36-33(40)28-15-8-9-16-29(28)34(36)41)19-11-5-4-10-17-35-31(38)26-13-6-7-14-27(26)32(35)39/h6-9,13-16,21-22H,4-5,10-12,17-20H2,1-3H3. The summed E-state index contributed by atoms with van der Waals surface area (Å²) in [6.45, 7) is 5.89. The number of fused-ring (bicyclic) bond motifs is 2. The molecule has 2 aliphatic heterocycles. The van der Waals surface area contributed by atoms with Gasteiger partial charge in [-0.15, -0.1) is 0 Å². The number of hydrogen-bond acceptors (Lipinski definition) is 7. The number of benzene rings is 3. The van der Waals surface area contributed by atoms with E-state index in [0.29, 0.717) is 65.6 Å². The number of carbonyl (C=O) groups excluding carboxylic acids is 4. The largest absolute Gasteiger partial charge is 0.284 e. The van der Waals surface area contributed by atoms with Crippen molar-refractivity contribution in [3.05, 3.63) is 99.6 Å². The van der Waals surface area contributed by atoms with E-state index in [-0.39, 0.29) is 54.6 Å². The molecule has 0 saturated carbocycles. The van der Waals surface area contributed by atoms with Crippen LogP contribution in [0.4, 0.5) is 0 Å². The van der Waals surface area contributed by atoms with Crippen LogP contribution in [0.3, 0.4) is 0 Å². The topological polar surface area (TPSA) is 121 Å². The molecule has 11 heteroatoms. The minimum Gasteiger partial charge on any atom is -0.284 e. The highest BCUT2D eigenvalue weighted by molar-refractivity contribution is 7.89. The zero-order chi connectivity index (χ0) is 32.3. The van der Waals surface area contributed by atoms with Crippen molar-refractivity contribution >= 4 is 33.7 Å². The highest BCUT2D eigenvalue weighted by atomic mass is 32.2. The van der Waals surface area contributed by atoms with Crippen LogP contribution in [0.15, 0.2) is 65.6 Å². The smallest absolute Gasteiger partial charge is 0.265 e. The Balaban J connectivity index is 1.18. The van der Waals surface area contributed by atoms with Gasteiger partial charge in [0, 0.05) is 19.6 Å². The molecule has 0 fully saturated rings. The van der Waals surface area contributed by atoms with Crippen LogP contribution >= 0.6 is 0 Å². The zero-order valence-corrected chi connectivity index (χ0v) is 26.6. The molecule has 4 amide bonds. The Morgan fingerprint density at radius 1 is 0.622 bits per heavy atom. The van der Waals surface area contributed by atoms with Crippen LogP contribution in [0.5, 0.6) is 0 Å². The second-order valence-electron chi connectivity index (χ2n) is 11.5. The second kappa shape index (κ2) is 13.4. The van der Waals surface area contributed by atoms with Crippen molar-refractivity contribution in [3.8, 4) is 0 Å². The summed E-state index contributed by atoms with van der Waals surface area (Å²) >= 11 is 0. The second-order valence-corrected chi connectivity index (χ2v) is 13.2. The van der Waals surface area contributed by atoms with Gasteiger partial charge in [-0.3, -0.25) is 33.8 Å². The predicted octanol–water partition coefficient (Wildman–Crippen LogP) is 5.08. The van der Waals surface area contributed by atoms with Crippen LogP contribution in [-0.2, 0) is 14.9 Å². The van der Waals surface area contributed by atoms with Crippen molar-refractivity contribution in [2.45, 2.75) is 57.8 Å². The van der Waals surface area contributed by atoms with Crippen molar-refractivity contribution in [1.82, 2.24) is 14.3 Å².